The van der Waals surface area contributed by atoms with Gasteiger partial charge in [-0.2, -0.15) is 0 Å². The number of halogens is 1. The van der Waals surface area contributed by atoms with Crippen LogP contribution in [0.5, 0.6) is 0 Å². The molecule has 1 N–H and O–H groups in total. The molecule has 6 heteroatoms. The largest absolute Gasteiger partial charge is 0.311 e. The highest BCUT2D eigenvalue weighted by molar-refractivity contribution is 9.10. The van der Waals surface area contributed by atoms with Crippen molar-refractivity contribution in [3.63, 3.8) is 0 Å². The van der Waals surface area contributed by atoms with Gasteiger partial charge in [-0.05, 0) is 45.0 Å². The number of benzene rings is 1. The van der Waals surface area contributed by atoms with Gasteiger partial charge >= 0.3 is 0 Å². The van der Waals surface area contributed by atoms with Crippen molar-refractivity contribution in [2.24, 2.45) is 0 Å². The van der Waals surface area contributed by atoms with Gasteiger partial charge in [0.05, 0.1) is 4.92 Å². The molecule has 5 nitrogen and oxygen atoms in total. The van der Waals surface area contributed by atoms with Crippen LogP contribution in [-0.4, -0.2) is 36.0 Å². The average Bonchev–Trinajstić information content (AvgIpc) is 2.33. The summed E-state index contributed by atoms with van der Waals surface area (Å²) in [6.07, 6.45) is 3.75. The fourth-order valence-corrected chi connectivity index (χ4v) is 3.10. The number of nitro benzene ring substituents is 1. The van der Waals surface area contributed by atoms with Gasteiger partial charge < -0.3 is 10.2 Å². The lowest BCUT2D eigenvalue weighted by atomic mass is 9.75. The zero-order chi connectivity index (χ0) is 14.8. The van der Waals surface area contributed by atoms with Gasteiger partial charge in [-0.25, -0.2) is 0 Å². The van der Waals surface area contributed by atoms with Gasteiger partial charge in [0.25, 0.3) is 5.69 Å². The van der Waals surface area contributed by atoms with Crippen LogP contribution in [0, 0.1) is 10.1 Å². The zero-order valence-electron chi connectivity index (χ0n) is 11.9. The molecule has 1 aliphatic carbocycles. The van der Waals surface area contributed by atoms with Crippen LogP contribution in [0.4, 0.5) is 5.69 Å². The van der Waals surface area contributed by atoms with Crippen LogP contribution in [0.15, 0.2) is 22.7 Å². The van der Waals surface area contributed by atoms with E-state index < -0.39 is 0 Å². The van der Waals surface area contributed by atoms with Crippen LogP contribution < -0.4 is 5.32 Å². The first-order chi connectivity index (χ1) is 9.44. The van der Waals surface area contributed by atoms with Gasteiger partial charge in [0, 0.05) is 35.2 Å². The highest BCUT2D eigenvalue weighted by Crippen LogP contribution is 2.35. The number of rotatable bonds is 6. The fourth-order valence-electron chi connectivity index (χ4n) is 2.59. The summed E-state index contributed by atoms with van der Waals surface area (Å²) in [5.41, 5.74) is 1.45. The molecule has 1 aliphatic rings. The first kappa shape index (κ1) is 15.4. The molecule has 0 bridgehead atoms. The second kappa shape index (κ2) is 6.20. The van der Waals surface area contributed by atoms with E-state index in [4.69, 9.17) is 0 Å². The van der Waals surface area contributed by atoms with Crippen molar-refractivity contribution in [2.45, 2.75) is 31.3 Å². The lowest BCUT2D eigenvalue weighted by molar-refractivity contribution is -0.384. The Kier molecular flexibility index (Phi) is 4.78. The summed E-state index contributed by atoms with van der Waals surface area (Å²) in [7, 11) is 4.26. The summed E-state index contributed by atoms with van der Waals surface area (Å²) < 4.78 is 0.784. The highest BCUT2D eigenvalue weighted by Gasteiger charge is 2.38. The number of hydrogen-bond donors (Lipinski definition) is 1. The zero-order valence-corrected chi connectivity index (χ0v) is 13.4. The van der Waals surface area contributed by atoms with E-state index in [9.17, 15) is 10.1 Å². The number of hydrogen-bond acceptors (Lipinski definition) is 4. The van der Waals surface area contributed by atoms with Gasteiger partial charge in [-0.15, -0.1) is 0 Å². The minimum Gasteiger partial charge on any atom is -0.311 e. The maximum atomic E-state index is 10.7. The molecule has 1 aromatic carbocycles. The normalized spacial score (nSPS) is 17.0. The fraction of sp³-hybridized carbons (Fsp3) is 0.571. The van der Waals surface area contributed by atoms with E-state index in [0.29, 0.717) is 6.54 Å². The number of nitrogens with one attached hydrogen (secondary N) is 1. The molecule has 1 fully saturated rings. The Labute approximate surface area is 127 Å². The van der Waals surface area contributed by atoms with E-state index in [0.717, 1.165) is 16.6 Å². The minimum atomic E-state index is -0.378. The second-order valence-electron chi connectivity index (χ2n) is 5.61. The van der Waals surface area contributed by atoms with E-state index in [1.165, 1.54) is 19.3 Å². The lowest BCUT2D eigenvalue weighted by Crippen LogP contribution is -2.56. The van der Waals surface area contributed by atoms with Crippen molar-refractivity contribution in [1.29, 1.82) is 0 Å². The second-order valence-corrected chi connectivity index (χ2v) is 6.46. The maximum Gasteiger partial charge on any atom is 0.270 e. The molecular weight excluding hydrogens is 322 g/mol. The maximum absolute atomic E-state index is 10.7. The summed E-state index contributed by atoms with van der Waals surface area (Å²) in [5, 5.41) is 14.2. The number of nitro groups is 1. The number of nitrogens with zero attached hydrogens (tertiary/aromatic N) is 2. The summed E-state index contributed by atoms with van der Waals surface area (Å²) in [6.45, 7) is 1.66. The Hall–Kier alpha value is -0.980. The van der Waals surface area contributed by atoms with Crippen molar-refractivity contribution < 1.29 is 4.92 Å². The molecule has 0 atom stereocenters. The first-order valence-electron chi connectivity index (χ1n) is 6.76. The molecule has 0 aliphatic heterocycles. The molecule has 0 amide bonds. The van der Waals surface area contributed by atoms with Crippen molar-refractivity contribution >= 4 is 21.6 Å². The number of likely N-dealkylation sites (N-methyl/N-ethyl adjacent to an activating group) is 1. The molecule has 1 aromatic rings. The molecule has 0 spiro atoms. The van der Waals surface area contributed by atoms with Gasteiger partial charge in [0.1, 0.15) is 0 Å². The van der Waals surface area contributed by atoms with Crippen molar-refractivity contribution in [3.8, 4) is 0 Å². The molecule has 110 valence electrons. The minimum absolute atomic E-state index is 0.115. The molecular formula is C14H20BrN3O2. The van der Waals surface area contributed by atoms with Gasteiger partial charge in [0.2, 0.25) is 0 Å². The first-order valence-corrected chi connectivity index (χ1v) is 7.55. The Morgan fingerprint density at radius 3 is 2.60 bits per heavy atom. The van der Waals surface area contributed by atoms with E-state index in [2.05, 4.69) is 40.2 Å². The van der Waals surface area contributed by atoms with E-state index in [-0.39, 0.29) is 16.1 Å². The summed E-state index contributed by atoms with van der Waals surface area (Å²) in [5.74, 6) is 0. The predicted octanol–water partition coefficient (Wildman–Crippen LogP) is 2.93. The van der Waals surface area contributed by atoms with Crippen LogP contribution in [0.2, 0.25) is 0 Å². The van der Waals surface area contributed by atoms with E-state index in [1.807, 2.05) is 0 Å². The SMILES string of the molecule is CN(C)C1(CNCc2ccc([N+](=O)[O-])cc2Br)CCC1. The Morgan fingerprint density at radius 2 is 2.15 bits per heavy atom. The quantitative estimate of drug-likeness (QED) is 0.638. The molecule has 0 radical (unpaired) electrons. The van der Waals surface area contributed by atoms with Crippen LogP contribution in [0.3, 0.4) is 0 Å². The lowest BCUT2D eigenvalue weighted by Gasteiger charge is -2.47. The molecule has 2 rings (SSSR count). The monoisotopic (exact) mass is 341 g/mol. The average molecular weight is 342 g/mol. The highest BCUT2D eigenvalue weighted by atomic mass is 79.9. The third-order valence-corrected chi connectivity index (χ3v) is 4.99. The van der Waals surface area contributed by atoms with Crippen LogP contribution in [0.25, 0.3) is 0 Å². The summed E-state index contributed by atoms with van der Waals surface area (Å²) in [4.78, 5) is 12.6. The third-order valence-electron chi connectivity index (χ3n) is 4.25. The topological polar surface area (TPSA) is 58.4 Å². The van der Waals surface area contributed by atoms with Gasteiger partial charge in [-0.1, -0.05) is 15.9 Å². The van der Waals surface area contributed by atoms with Crippen LogP contribution >= 0.6 is 15.9 Å². The molecule has 20 heavy (non-hydrogen) atoms. The third kappa shape index (κ3) is 3.19. The molecule has 0 unspecified atom stereocenters. The smallest absolute Gasteiger partial charge is 0.270 e. The molecule has 0 aromatic heterocycles. The van der Waals surface area contributed by atoms with Crippen LogP contribution in [-0.2, 0) is 6.54 Å². The Bertz CT molecular complexity index is 501. The molecule has 1 saturated carbocycles. The molecule has 0 saturated heterocycles. The Balaban J connectivity index is 1.93. The molecule has 0 heterocycles. The van der Waals surface area contributed by atoms with Gasteiger partial charge in [-0.3, -0.25) is 10.1 Å². The van der Waals surface area contributed by atoms with Crippen molar-refractivity contribution in [3.05, 3.63) is 38.3 Å². The van der Waals surface area contributed by atoms with E-state index >= 15 is 0 Å². The number of non-ortho nitro benzene ring substituents is 1. The van der Waals surface area contributed by atoms with Crippen molar-refractivity contribution in [1.82, 2.24) is 10.2 Å². The van der Waals surface area contributed by atoms with Crippen molar-refractivity contribution in [2.75, 3.05) is 20.6 Å². The summed E-state index contributed by atoms with van der Waals surface area (Å²) >= 11 is 3.40. The standard InChI is InChI=1S/C14H20BrN3O2/c1-17(2)14(6-3-7-14)10-16-9-11-4-5-12(18(19)20)8-13(11)15/h4-5,8,16H,3,6-7,9-10H2,1-2H3. The Morgan fingerprint density at radius 1 is 1.45 bits per heavy atom. The predicted molar refractivity (Wildman–Crippen MR) is 82.8 cm³/mol. The van der Waals surface area contributed by atoms with Gasteiger partial charge in [0.15, 0.2) is 0 Å². The van der Waals surface area contributed by atoms with E-state index in [1.54, 1.807) is 18.2 Å². The summed E-state index contributed by atoms with van der Waals surface area (Å²) in [6, 6.07) is 4.91. The van der Waals surface area contributed by atoms with Crippen LogP contribution in [0.1, 0.15) is 24.8 Å².